The van der Waals surface area contributed by atoms with E-state index in [0.29, 0.717) is 10.5 Å². The first-order valence-corrected chi connectivity index (χ1v) is 8.81. The molecule has 1 N–H and O–H groups in total. The van der Waals surface area contributed by atoms with Gasteiger partial charge in [-0.3, -0.25) is 4.21 Å². The van der Waals surface area contributed by atoms with Gasteiger partial charge in [0.15, 0.2) is 4.77 Å². The van der Waals surface area contributed by atoms with E-state index in [1.165, 1.54) is 0 Å². The maximum absolute atomic E-state index is 11.1. The number of aromatic amines is 1. The summed E-state index contributed by atoms with van der Waals surface area (Å²) in [7, 11) is -0.762. The van der Waals surface area contributed by atoms with Crippen LogP contribution >= 0.6 is 12.2 Å². The molecule has 1 heterocycles. The standard InChI is InChI=1S/C14H20N2O2S2/c1-10(2)18-12-7-4-6-11-13(12)15-14(19)16(11)8-5-9-20(3)17/h4,6-7,10H,5,8-9H2,1-3H3,(H,15,19). The summed E-state index contributed by atoms with van der Waals surface area (Å²) in [5, 5.41) is 0. The van der Waals surface area contributed by atoms with Gasteiger partial charge < -0.3 is 14.3 Å². The summed E-state index contributed by atoms with van der Waals surface area (Å²) in [4.78, 5) is 3.22. The van der Waals surface area contributed by atoms with Gasteiger partial charge in [-0.1, -0.05) is 6.07 Å². The molecule has 4 nitrogen and oxygen atoms in total. The zero-order valence-electron chi connectivity index (χ0n) is 12.0. The van der Waals surface area contributed by atoms with E-state index in [1.807, 2.05) is 36.6 Å². The second kappa shape index (κ2) is 6.54. The molecule has 0 aliphatic heterocycles. The Labute approximate surface area is 126 Å². The highest BCUT2D eigenvalue weighted by Gasteiger charge is 2.10. The molecule has 2 rings (SSSR count). The number of H-pyrrole nitrogens is 1. The van der Waals surface area contributed by atoms with Crippen LogP contribution < -0.4 is 4.74 Å². The van der Waals surface area contributed by atoms with E-state index >= 15 is 0 Å². The molecular formula is C14H20N2O2S2. The Kier molecular flexibility index (Phi) is 4.99. The predicted molar refractivity (Wildman–Crippen MR) is 86.4 cm³/mol. The van der Waals surface area contributed by atoms with E-state index in [0.717, 1.165) is 29.7 Å². The number of ether oxygens (including phenoxy) is 1. The van der Waals surface area contributed by atoms with E-state index in [1.54, 1.807) is 6.26 Å². The number of rotatable bonds is 6. The lowest BCUT2D eigenvalue weighted by molar-refractivity contribution is 0.245. The van der Waals surface area contributed by atoms with Crippen molar-refractivity contribution in [2.75, 3.05) is 12.0 Å². The van der Waals surface area contributed by atoms with Crippen LogP contribution in [0.1, 0.15) is 20.3 Å². The number of hydrogen-bond acceptors (Lipinski definition) is 3. The van der Waals surface area contributed by atoms with Crippen LogP contribution in [0.2, 0.25) is 0 Å². The first-order chi connectivity index (χ1) is 9.49. The van der Waals surface area contributed by atoms with E-state index < -0.39 is 10.8 Å². The third kappa shape index (κ3) is 3.49. The van der Waals surface area contributed by atoms with Crippen molar-refractivity contribution in [2.45, 2.75) is 32.9 Å². The summed E-state index contributed by atoms with van der Waals surface area (Å²) in [6.07, 6.45) is 2.69. The van der Waals surface area contributed by atoms with Gasteiger partial charge >= 0.3 is 0 Å². The average molecular weight is 312 g/mol. The predicted octanol–water partition coefficient (Wildman–Crippen LogP) is 3.25. The number of hydrogen-bond donors (Lipinski definition) is 1. The number of imidazole rings is 1. The summed E-state index contributed by atoms with van der Waals surface area (Å²) in [6.45, 7) is 4.77. The van der Waals surface area contributed by atoms with Crippen LogP contribution in [0, 0.1) is 4.77 Å². The van der Waals surface area contributed by atoms with E-state index in [-0.39, 0.29) is 6.10 Å². The maximum atomic E-state index is 11.1. The Morgan fingerprint density at radius 2 is 2.20 bits per heavy atom. The van der Waals surface area contributed by atoms with Crippen molar-refractivity contribution in [1.29, 1.82) is 0 Å². The fourth-order valence-corrected chi connectivity index (χ4v) is 2.98. The molecule has 0 saturated heterocycles. The molecule has 6 heteroatoms. The molecule has 2 aromatic rings. The monoisotopic (exact) mass is 312 g/mol. The van der Waals surface area contributed by atoms with Gasteiger partial charge in [-0.15, -0.1) is 0 Å². The number of nitrogens with zero attached hydrogens (tertiary/aromatic N) is 1. The van der Waals surface area contributed by atoms with Crippen molar-refractivity contribution in [1.82, 2.24) is 9.55 Å². The van der Waals surface area contributed by atoms with Crippen LogP contribution in [-0.2, 0) is 17.3 Å². The van der Waals surface area contributed by atoms with Crippen molar-refractivity contribution in [2.24, 2.45) is 0 Å². The molecular weight excluding hydrogens is 292 g/mol. The minimum atomic E-state index is -0.762. The molecule has 0 fully saturated rings. The van der Waals surface area contributed by atoms with Gasteiger partial charge in [0.05, 0.1) is 11.6 Å². The normalized spacial score (nSPS) is 13.0. The number of aromatic nitrogens is 2. The van der Waals surface area contributed by atoms with Crippen LogP contribution in [0.15, 0.2) is 18.2 Å². The topological polar surface area (TPSA) is 47.0 Å². The van der Waals surface area contributed by atoms with Crippen LogP contribution in [0.3, 0.4) is 0 Å². The number of benzene rings is 1. The second-order valence-corrected chi connectivity index (χ2v) is 6.97. The van der Waals surface area contributed by atoms with Crippen LogP contribution in [0.25, 0.3) is 11.0 Å². The molecule has 1 aromatic carbocycles. The zero-order chi connectivity index (χ0) is 14.7. The van der Waals surface area contributed by atoms with Gasteiger partial charge in [0.25, 0.3) is 0 Å². The first-order valence-electron chi connectivity index (χ1n) is 6.67. The molecule has 20 heavy (non-hydrogen) atoms. The van der Waals surface area contributed by atoms with Gasteiger partial charge in [-0.05, 0) is 44.6 Å². The molecule has 0 amide bonds. The quantitative estimate of drug-likeness (QED) is 0.833. The lowest BCUT2D eigenvalue weighted by atomic mass is 10.3. The van der Waals surface area contributed by atoms with Crippen molar-refractivity contribution in [3.63, 3.8) is 0 Å². The highest BCUT2D eigenvalue weighted by atomic mass is 32.2. The lowest BCUT2D eigenvalue weighted by Gasteiger charge is -2.10. The van der Waals surface area contributed by atoms with Gasteiger partial charge in [0, 0.05) is 29.4 Å². The summed E-state index contributed by atoms with van der Waals surface area (Å²) in [5.74, 6) is 1.51. The molecule has 0 spiro atoms. The highest BCUT2D eigenvalue weighted by molar-refractivity contribution is 7.84. The van der Waals surface area contributed by atoms with Crippen LogP contribution in [0.4, 0.5) is 0 Å². The Bertz CT molecular complexity index is 673. The number of para-hydroxylation sites is 1. The van der Waals surface area contributed by atoms with Gasteiger partial charge in [-0.25, -0.2) is 0 Å². The van der Waals surface area contributed by atoms with Crippen molar-refractivity contribution >= 4 is 34.1 Å². The first kappa shape index (κ1) is 15.3. The fraction of sp³-hybridized carbons (Fsp3) is 0.500. The van der Waals surface area contributed by atoms with Gasteiger partial charge in [0.1, 0.15) is 11.3 Å². The Hall–Kier alpha value is -1.14. The lowest BCUT2D eigenvalue weighted by Crippen LogP contribution is -2.06. The molecule has 1 aromatic heterocycles. The molecule has 1 unspecified atom stereocenters. The van der Waals surface area contributed by atoms with Gasteiger partial charge in [-0.2, -0.15) is 0 Å². The van der Waals surface area contributed by atoms with E-state index in [2.05, 4.69) is 4.98 Å². The molecule has 0 radical (unpaired) electrons. The zero-order valence-corrected chi connectivity index (χ0v) is 13.6. The smallest absolute Gasteiger partial charge is 0.178 e. The average Bonchev–Trinajstić information content (AvgIpc) is 2.66. The third-order valence-electron chi connectivity index (χ3n) is 2.95. The summed E-state index contributed by atoms with van der Waals surface area (Å²) >= 11 is 5.38. The fourth-order valence-electron chi connectivity index (χ4n) is 2.15. The highest BCUT2D eigenvalue weighted by Crippen LogP contribution is 2.26. The van der Waals surface area contributed by atoms with Crippen molar-refractivity contribution in [3.05, 3.63) is 23.0 Å². The van der Waals surface area contributed by atoms with Gasteiger partial charge in [0.2, 0.25) is 0 Å². The third-order valence-corrected chi connectivity index (χ3v) is 4.13. The molecule has 0 aliphatic rings. The minimum Gasteiger partial charge on any atom is -0.489 e. The Morgan fingerprint density at radius 3 is 2.85 bits per heavy atom. The van der Waals surface area contributed by atoms with Crippen molar-refractivity contribution in [3.8, 4) is 5.75 Å². The molecule has 0 saturated carbocycles. The molecule has 0 aliphatic carbocycles. The van der Waals surface area contributed by atoms with Crippen LogP contribution in [0.5, 0.6) is 5.75 Å². The van der Waals surface area contributed by atoms with Crippen LogP contribution in [-0.4, -0.2) is 31.9 Å². The molecule has 0 bridgehead atoms. The number of fused-ring (bicyclic) bond motifs is 1. The Morgan fingerprint density at radius 1 is 1.45 bits per heavy atom. The number of nitrogens with one attached hydrogen (secondary N) is 1. The largest absolute Gasteiger partial charge is 0.489 e. The second-order valence-electron chi connectivity index (χ2n) is 5.03. The molecule has 1 atom stereocenters. The summed E-state index contributed by atoms with van der Waals surface area (Å²) in [6, 6.07) is 5.94. The SMILES string of the molecule is CC(C)Oc1cccc2c1[nH]c(=S)n2CCCS(C)=O. The minimum absolute atomic E-state index is 0.119. The summed E-state index contributed by atoms with van der Waals surface area (Å²) in [5.41, 5.74) is 1.97. The maximum Gasteiger partial charge on any atom is 0.178 e. The van der Waals surface area contributed by atoms with Crippen molar-refractivity contribution < 1.29 is 8.95 Å². The number of aryl methyl sites for hydroxylation is 1. The van der Waals surface area contributed by atoms with E-state index in [9.17, 15) is 4.21 Å². The summed E-state index contributed by atoms with van der Waals surface area (Å²) < 4.78 is 19.7. The van der Waals surface area contributed by atoms with E-state index in [4.69, 9.17) is 17.0 Å². The Balaban J connectivity index is 2.34. The molecule has 110 valence electrons.